The maximum Gasteiger partial charge on any atom is 0.503 e. The normalized spacial score (nSPS) is 6.75. The summed E-state index contributed by atoms with van der Waals surface area (Å²) in [6.45, 7) is 0.684. The first-order valence-electron chi connectivity index (χ1n) is 1.88. The summed E-state index contributed by atoms with van der Waals surface area (Å²) in [4.78, 5) is 8.56. The number of hydrogen-bond donors (Lipinski definition) is 4. The van der Waals surface area contributed by atoms with E-state index in [0.717, 1.165) is 5.75 Å². The Balaban J connectivity index is 0. The third-order valence-corrected chi connectivity index (χ3v) is 0.387. The lowest BCUT2D eigenvalue weighted by molar-refractivity contribution is 0.137. The Morgan fingerprint density at radius 3 is 1.75 bits per heavy atom. The zero-order chi connectivity index (χ0) is 6.99. The standard InChI is InChI=1S/C2H7NS.CH2O3/c3-1-2-4;2-1(3)4/h4H,1-3H2;(H2,2,3,4). The molecule has 0 aromatic carbocycles. The van der Waals surface area contributed by atoms with Gasteiger partial charge in [-0.15, -0.1) is 0 Å². The molecule has 0 amide bonds. The van der Waals surface area contributed by atoms with Gasteiger partial charge in [0.05, 0.1) is 0 Å². The van der Waals surface area contributed by atoms with Gasteiger partial charge in [-0.25, -0.2) is 4.79 Å². The van der Waals surface area contributed by atoms with Crippen LogP contribution in [-0.4, -0.2) is 28.7 Å². The molecule has 0 aliphatic rings. The molecule has 0 aliphatic carbocycles. The number of carbonyl (C=O) groups is 1. The van der Waals surface area contributed by atoms with Crippen LogP contribution in [-0.2, 0) is 0 Å². The van der Waals surface area contributed by atoms with E-state index < -0.39 is 6.16 Å². The fourth-order valence-corrected chi connectivity index (χ4v) is 0. The van der Waals surface area contributed by atoms with Crippen molar-refractivity contribution in [3.05, 3.63) is 0 Å². The number of hydrogen-bond acceptors (Lipinski definition) is 3. The topological polar surface area (TPSA) is 83.6 Å². The van der Waals surface area contributed by atoms with E-state index in [-0.39, 0.29) is 0 Å². The molecule has 0 rings (SSSR count). The van der Waals surface area contributed by atoms with Gasteiger partial charge in [0.15, 0.2) is 0 Å². The molecule has 0 saturated carbocycles. The summed E-state index contributed by atoms with van der Waals surface area (Å²) in [5, 5.41) is 13.9. The van der Waals surface area contributed by atoms with E-state index in [0.29, 0.717) is 6.54 Å². The average Bonchev–Trinajstić information content (AvgIpc) is 1.65. The van der Waals surface area contributed by atoms with Gasteiger partial charge in [0, 0.05) is 12.3 Å². The van der Waals surface area contributed by atoms with Gasteiger partial charge in [0.25, 0.3) is 0 Å². The lowest BCUT2D eigenvalue weighted by Crippen LogP contribution is -1.97. The van der Waals surface area contributed by atoms with Crippen LogP contribution in [0.2, 0.25) is 0 Å². The van der Waals surface area contributed by atoms with Crippen LogP contribution < -0.4 is 5.73 Å². The largest absolute Gasteiger partial charge is 0.503 e. The first kappa shape index (κ1) is 10.5. The van der Waals surface area contributed by atoms with E-state index in [9.17, 15) is 0 Å². The molecule has 0 spiro atoms. The molecule has 0 aromatic rings. The fraction of sp³-hybridized carbons (Fsp3) is 0.667. The SMILES string of the molecule is NCCS.O=C(O)O. The van der Waals surface area contributed by atoms with Crippen molar-refractivity contribution < 1.29 is 15.0 Å². The minimum atomic E-state index is -1.83. The molecule has 5 heteroatoms. The maximum absolute atomic E-state index is 8.56. The number of rotatable bonds is 1. The summed E-state index contributed by atoms with van der Waals surface area (Å²) >= 11 is 3.80. The third-order valence-electron chi connectivity index (χ3n) is 0.129. The quantitative estimate of drug-likeness (QED) is 0.388. The molecule has 4 nitrogen and oxygen atoms in total. The van der Waals surface area contributed by atoms with Crippen LogP contribution >= 0.6 is 12.6 Å². The molecule has 0 heterocycles. The Bertz CT molecular complexity index is 52.5. The summed E-state index contributed by atoms with van der Waals surface area (Å²) < 4.78 is 0. The van der Waals surface area contributed by atoms with Crippen molar-refractivity contribution in [3.63, 3.8) is 0 Å². The van der Waals surface area contributed by atoms with Crippen molar-refractivity contribution >= 4 is 18.8 Å². The Morgan fingerprint density at radius 1 is 1.62 bits per heavy atom. The first-order chi connectivity index (χ1) is 3.65. The predicted octanol–water partition coefficient (Wildman–Crippen LogP) is 0.0973. The Morgan fingerprint density at radius 2 is 1.75 bits per heavy atom. The van der Waals surface area contributed by atoms with Gasteiger partial charge in [-0.05, 0) is 0 Å². The molecule has 0 aliphatic heterocycles. The second-order valence-corrected chi connectivity index (χ2v) is 1.24. The Kier molecular flexibility index (Phi) is 12.9. The van der Waals surface area contributed by atoms with Gasteiger partial charge in [-0.1, -0.05) is 0 Å². The molecule has 0 radical (unpaired) electrons. The van der Waals surface area contributed by atoms with Crippen molar-refractivity contribution in [2.45, 2.75) is 0 Å². The summed E-state index contributed by atoms with van der Waals surface area (Å²) in [7, 11) is 0. The summed E-state index contributed by atoms with van der Waals surface area (Å²) in [6.07, 6.45) is -1.83. The Labute approximate surface area is 52.7 Å². The van der Waals surface area contributed by atoms with E-state index >= 15 is 0 Å². The van der Waals surface area contributed by atoms with Crippen LogP contribution in [0.1, 0.15) is 0 Å². The lowest BCUT2D eigenvalue weighted by atomic mass is 10.8. The van der Waals surface area contributed by atoms with Crippen LogP contribution in [0.4, 0.5) is 4.79 Å². The van der Waals surface area contributed by atoms with Gasteiger partial charge in [0.1, 0.15) is 0 Å². The lowest BCUT2D eigenvalue weighted by Gasteiger charge is -1.69. The second kappa shape index (κ2) is 9.77. The smallest absolute Gasteiger partial charge is 0.450 e. The first-order valence-corrected chi connectivity index (χ1v) is 2.51. The molecular formula is C3H9NO3S. The summed E-state index contributed by atoms with van der Waals surface area (Å²) in [6, 6.07) is 0. The summed E-state index contributed by atoms with van der Waals surface area (Å²) in [5.41, 5.74) is 4.95. The molecule has 0 bridgehead atoms. The van der Waals surface area contributed by atoms with Gasteiger partial charge in [-0.2, -0.15) is 12.6 Å². The van der Waals surface area contributed by atoms with Crippen molar-refractivity contribution in [3.8, 4) is 0 Å². The minimum Gasteiger partial charge on any atom is -0.450 e. The van der Waals surface area contributed by atoms with Crippen molar-refractivity contribution in [1.29, 1.82) is 0 Å². The fourth-order valence-electron chi connectivity index (χ4n) is 0. The molecule has 0 atom stereocenters. The van der Waals surface area contributed by atoms with Crippen molar-refractivity contribution in [2.24, 2.45) is 5.73 Å². The highest BCUT2D eigenvalue weighted by Crippen LogP contribution is 1.58. The summed E-state index contributed by atoms with van der Waals surface area (Å²) in [5.74, 6) is 0.792. The molecule has 0 fully saturated rings. The van der Waals surface area contributed by atoms with Crippen LogP contribution in [0.3, 0.4) is 0 Å². The number of carboxylic acid groups (broad SMARTS) is 2. The maximum atomic E-state index is 8.56. The highest BCUT2D eigenvalue weighted by Gasteiger charge is 1.70. The van der Waals surface area contributed by atoms with Crippen molar-refractivity contribution in [1.82, 2.24) is 0 Å². The van der Waals surface area contributed by atoms with E-state index in [1.165, 1.54) is 0 Å². The van der Waals surface area contributed by atoms with Gasteiger partial charge in [-0.3, -0.25) is 0 Å². The molecule has 0 saturated heterocycles. The third kappa shape index (κ3) is 348. The molecule has 50 valence electrons. The van der Waals surface area contributed by atoms with Crippen LogP contribution in [0.25, 0.3) is 0 Å². The van der Waals surface area contributed by atoms with Gasteiger partial charge in [0.2, 0.25) is 0 Å². The monoisotopic (exact) mass is 139 g/mol. The molecular weight excluding hydrogens is 130 g/mol. The highest BCUT2D eigenvalue weighted by atomic mass is 32.1. The van der Waals surface area contributed by atoms with Crippen molar-refractivity contribution in [2.75, 3.05) is 12.3 Å². The van der Waals surface area contributed by atoms with E-state index in [2.05, 4.69) is 12.6 Å². The van der Waals surface area contributed by atoms with Crippen LogP contribution in [0, 0.1) is 0 Å². The molecule has 0 aromatic heterocycles. The van der Waals surface area contributed by atoms with E-state index in [4.69, 9.17) is 20.7 Å². The van der Waals surface area contributed by atoms with Gasteiger partial charge < -0.3 is 15.9 Å². The zero-order valence-corrected chi connectivity index (χ0v) is 5.14. The predicted molar refractivity (Wildman–Crippen MR) is 33.6 cm³/mol. The highest BCUT2D eigenvalue weighted by molar-refractivity contribution is 7.80. The number of nitrogens with two attached hydrogens (primary N) is 1. The number of thiol groups is 1. The van der Waals surface area contributed by atoms with E-state index in [1.807, 2.05) is 0 Å². The zero-order valence-electron chi connectivity index (χ0n) is 4.24. The average molecular weight is 139 g/mol. The van der Waals surface area contributed by atoms with E-state index in [1.54, 1.807) is 0 Å². The molecule has 0 unspecified atom stereocenters. The van der Waals surface area contributed by atoms with Crippen LogP contribution in [0.15, 0.2) is 0 Å². The van der Waals surface area contributed by atoms with Crippen LogP contribution in [0.5, 0.6) is 0 Å². The molecule has 8 heavy (non-hydrogen) atoms. The minimum absolute atomic E-state index is 0.684. The Hall–Kier alpha value is -0.420. The molecule has 4 N–H and O–H groups in total. The van der Waals surface area contributed by atoms with Gasteiger partial charge >= 0.3 is 6.16 Å². The second-order valence-electron chi connectivity index (χ2n) is 0.795.